The number of thioether (sulfide) groups is 1. The molecule has 2 heterocycles. The highest BCUT2D eigenvalue weighted by atomic mass is 127. The Morgan fingerprint density at radius 2 is 2.26 bits per heavy atom. The second kappa shape index (κ2) is 6.69. The van der Waals surface area contributed by atoms with Crippen molar-refractivity contribution in [1.29, 1.82) is 0 Å². The van der Waals surface area contributed by atoms with Gasteiger partial charge in [-0.2, -0.15) is 4.99 Å². The highest BCUT2D eigenvalue weighted by Gasteiger charge is 2.49. The number of amides is 1. The van der Waals surface area contributed by atoms with Gasteiger partial charge in [0, 0.05) is 21.6 Å². The van der Waals surface area contributed by atoms with Crippen molar-refractivity contribution < 1.29 is 17.9 Å². The minimum absolute atomic E-state index is 0.0855. The van der Waals surface area contributed by atoms with E-state index in [1.54, 1.807) is 0 Å². The van der Waals surface area contributed by atoms with Crippen molar-refractivity contribution in [2.75, 3.05) is 30.1 Å². The van der Waals surface area contributed by atoms with Crippen molar-refractivity contribution in [3.05, 3.63) is 27.8 Å². The molecule has 0 radical (unpaired) electrons. The molecule has 1 amide bonds. The summed E-state index contributed by atoms with van der Waals surface area (Å²) in [6, 6.07) is 7.56. The number of amidine groups is 1. The van der Waals surface area contributed by atoms with E-state index in [0.29, 0.717) is 5.17 Å². The Balaban J connectivity index is 1.99. The number of rotatable bonds is 3. The number of anilines is 1. The predicted molar refractivity (Wildman–Crippen MR) is 99.8 cm³/mol. The van der Waals surface area contributed by atoms with Gasteiger partial charge in [0.1, 0.15) is 6.61 Å². The monoisotopic (exact) mass is 466 g/mol. The number of benzene rings is 1. The molecule has 9 heteroatoms. The summed E-state index contributed by atoms with van der Waals surface area (Å²) in [6.45, 7) is -0.0855. The second-order valence-electron chi connectivity index (χ2n) is 5.37. The smallest absolute Gasteiger partial charge is 0.274 e. The van der Waals surface area contributed by atoms with Crippen molar-refractivity contribution >= 4 is 61.0 Å². The first-order valence-electron chi connectivity index (χ1n) is 6.92. The van der Waals surface area contributed by atoms with Crippen molar-refractivity contribution in [2.45, 2.75) is 11.3 Å². The van der Waals surface area contributed by atoms with Crippen molar-refractivity contribution in [2.24, 2.45) is 4.99 Å². The third-order valence-electron chi connectivity index (χ3n) is 3.64. The standard InChI is InChI=1S/C14H15IN2O4S2/c1-21-6-13(18)16-14-17(10-4-2-3-9(15)5-10)11-7-23(19,20)8-12(11)22-14/h2-5,11-12H,6-8H2,1H3/t11-,12-/m1/s1. The van der Waals surface area contributed by atoms with E-state index in [9.17, 15) is 13.2 Å². The maximum atomic E-state index is 12.0. The molecule has 0 saturated carbocycles. The third-order valence-corrected chi connectivity index (χ3v) is 7.52. The average molecular weight is 466 g/mol. The van der Waals surface area contributed by atoms with Crippen LogP contribution in [0.5, 0.6) is 0 Å². The fourth-order valence-electron chi connectivity index (χ4n) is 2.75. The van der Waals surface area contributed by atoms with Gasteiger partial charge < -0.3 is 9.64 Å². The van der Waals surface area contributed by atoms with Crippen molar-refractivity contribution in [3.8, 4) is 0 Å². The zero-order chi connectivity index (χ0) is 16.6. The fraction of sp³-hybridized carbons (Fsp3) is 0.429. The van der Waals surface area contributed by atoms with Gasteiger partial charge in [-0.05, 0) is 40.8 Å². The lowest BCUT2D eigenvalue weighted by Gasteiger charge is -2.24. The lowest BCUT2D eigenvalue weighted by Crippen LogP contribution is -2.37. The van der Waals surface area contributed by atoms with Gasteiger partial charge in [-0.15, -0.1) is 0 Å². The van der Waals surface area contributed by atoms with E-state index in [4.69, 9.17) is 4.74 Å². The Morgan fingerprint density at radius 1 is 1.48 bits per heavy atom. The summed E-state index contributed by atoms with van der Waals surface area (Å²) < 4.78 is 29.8. The summed E-state index contributed by atoms with van der Waals surface area (Å²) in [6.07, 6.45) is 0. The highest BCUT2D eigenvalue weighted by molar-refractivity contribution is 14.1. The van der Waals surface area contributed by atoms with E-state index < -0.39 is 9.84 Å². The van der Waals surface area contributed by atoms with Crippen LogP contribution in [0.4, 0.5) is 5.69 Å². The highest BCUT2D eigenvalue weighted by Crippen LogP contribution is 2.41. The molecule has 2 aliphatic heterocycles. The zero-order valence-corrected chi connectivity index (χ0v) is 16.1. The van der Waals surface area contributed by atoms with E-state index in [0.717, 1.165) is 9.26 Å². The van der Waals surface area contributed by atoms with Crippen LogP contribution in [0.2, 0.25) is 0 Å². The molecule has 0 spiro atoms. The minimum atomic E-state index is -3.05. The van der Waals surface area contributed by atoms with Crippen LogP contribution in [0, 0.1) is 3.57 Å². The number of nitrogens with zero attached hydrogens (tertiary/aromatic N) is 2. The van der Waals surface area contributed by atoms with Gasteiger partial charge in [0.2, 0.25) is 0 Å². The van der Waals surface area contributed by atoms with Gasteiger partial charge in [-0.3, -0.25) is 4.79 Å². The predicted octanol–water partition coefficient (Wildman–Crippen LogP) is 1.54. The molecule has 23 heavy (non-hydrogen) atoms. The molecule has 0 bridgehead atoms. The largest absolute Gasteiger partial charge is 0.375 e. The average Bonchev–Trinajstić information content (AvgIpc) is 2.89. The van der Waals surface area contributed by atoms with E-state index in [2.05, 4.69) is 27.6 Å². The molecule has 6 nitrogen and oxygen atoms in total. The Bertz CT molecular complexity index is 766. The molecule has 2 aliphatic rings. The van der Waals surface area contributed by atoms with Crippen LogP contribution < -0.4 is 4.90 Å². The SMILES string of the molecule is COCC(=O)N=C1S[C@@H]2CS(=O)(=O)C[C@H]2N1c1cccc(I)c1. The number of aliphatic imine (C=N–C) groups is 1. The molecule has 0 aliphatic carbocycles. The Kier molecular flexibility index (Phi) is 5.00. The van der Waals surface area contributed by atoms with Crippen LogP contribution in [0.15, 0.2) is 29.3 Å². The first-order chi connectivity index (χ1) is 10.9. The molecule has 0 aromatic heterocycles. The lowest BCUT2D eigenvalue weighted by molar-refractivity contribution is -0.121. The number of carbonyl (C=O) groups excluding carboxylic acids is 1. The summed E-state index contributed by atoms with van der Waals surface area (Å²) in [5.41, 5.74) is 0.859. The minimum Gasteiger partial charge on any atom is -0.375 e. The molecule has 2 saturated heterocycles. The van der Waals surface area contributed by atoms with Crippen LogP contribution in [0.25, 0.3) is 0 Å². The Hall–Kier alpha value is -0.650. The van der Waals surface area contributed by atoms with Crippen LogP contribution in [0.1, 0.15) is 0 Å². The molecule has 2 fully saturated rings. The van der Waals surface area contributed by atoms with Gasteiger partial charge in [0.15, 0.2) is 15.0 Å². The molecule has 1 aromatic rings. The van der Waals surface area contributed by atoms with Crippen LogP contribution in [-0.2, 0) is 19.4 Å². The topological polar surface area (TPSA) is 76.0 Å². The molecule has 2 atom stereocenters. The zero-order valence-electron chi connectivity index (χ0n) is 12.3. The van der Waals surface area contributed by atoms with Crippen molar-refractivity contribution in [3.63, 3.8) is 0 Å². The van der Waals surface area contributed by atoms with Gasteiger partial charge in [0.25, 0.3) is 5.91 Å². The number of halogens is 1. The number of fused-ring (bicyclic) bond motifs is 1. The van der Waals surface area contributed by atoms with E-state index in [1.165, 1.54) is 18.9 Å². The first kappa shape index (κ1) is 17.2. The number of methoxy groups -OCH3 is 1. The first-order valence-corrected chi connectivity index (χ1v) is 10.7. The maximum Gasteiger partial charge on any atom is 0.274 e. The van der Waals surface area contributed by atoms with Gasteiger partial charge in [-0.1, -0.05) is 17.8 Å². The van der Waals surface area contributed by atoms with Crippen molar-refractivity contribution in [1.82, 2.24) is 0 Å². The van der Waals surface area contributed by atoms with E-state index >= 15 is 0 Å². The summed E-state index contributed by atoms with van der Waals surface area (Å²) in [7, 11) is -1.60. The number of sulfone groups is 1. The summed E-state index contributed by atoms with van der Waals surface area (Å²) >= 11 is 3.57. The molecule has 3 rings (SSSR count). The van der Waals surface area contributed by atoms with E-state index in [-0.39, 0.29) is 35.3 Å². The fourth-order valence-corrected chi connectivity index (χ4v) is 7.21. The summed E-state index contributed by atoms with van der Waals surface area (Å²) in [5.74, 6) is -0.151. The van der Waals surface area contributed by atoms with Crippen LogP contribution in [-0.4, -0.2) is 56.0 Å². The number of carbonyl (C=O) groups is 1. The van der Waals surface area contributed by atoms with Gasteiger partial charge in [0.05, 0.1) is 17.5 Å². The molecular weight excluding hydrogens is 451 g/mol. The quantitative estimate of drug-likeness (QED) is 0.630. The molecule has 0 unspecified atom stereocenters. The number of ether oxygens (including phenoxy) is 1. The lowest BCUT2D eigenvalue weighted by atomic mass is 10.2. The number of hydrogen-bond donors (Lipinski definition) is 0. The van der Waals surface area contributed by atoms with Gasteiger partial charge >= 0.3 is 0 Å². The summed E-state index contributed by atoms with van der Waals surface area (Å²) in [4.78, 5) is 17.8. The summed E-state index contributed by atoms with van der Waals surface area (Å²) in [5, 5.41) is 0.464. The molecular formula is C14H15IN2O4S2. The molecule has 124 valence electrons. The normalized spacial score (nSPS) is 27.4. The van der Waals surface area contributed by atoms with Crippen LogP contribution in [0.3, 0.4) is 0 Å². The Morgan fingerprint density at radius 3 is 2.96 bits per heavy atom. The molecule has 1 aromatic carbocycles. The van der Waals surface area contributed by atoms with E-state index in [1.807, 2.05) is 29.2 Å². The Labute approximate surface area is 152 Å². The van der Waals surface area contributed by atoms with Crippen LogP contribution >= 0.6 is 34.4 Å². The molecule has 0 N–H and O–H groups in total. The second-order valence-corrected chi connectivity index (χ2v) is 9.98. The van der Waals surface area contributed by atoms with Gasteiger partial charge in [-0.25, -0.2) is 8.42 Å². The maximum absolute atomic E-state index is 12.0. The third kappa shape index (κ3) is 3.72. The number of hydrogen-bond acceptors (Lipinski definition) is 5.